The molecule has 1 radical (unpaired) electrons. The third kappa shape index (κ3) is 4.09. The van der Waals surface area contributed by atoms with Gasteiger partial charge in [-0.25, -0.2) is 4.90 Å². The van der Waals surface area contributed by atoms with Gasteiger partial charge in [0.15, 0.2) is 0 Å². The van der Waals surface area contributed by atoms with E-state index in [0.29, 0.717) is 11.3 Å². The first-order valence-corrected chi connectivity index (χ1v) is 9.44. The van der Waals surface area contributed by atoms with Crippen molar-refractivity contribution in [3.63, 3.8) is 0 Å². The van der Waals surface area contributed by atoms with Crippen LogP contribution in [-0.2, 0) is 11.2 Å². The number of anilines is 1. The first-order chi connectivity index (χ1) is 14.1. The topological polar surface area (TPSA) is 37.4 Å². The van der Waals surface area contributed by atoms with Crippen molar-refractivity contribution in [3.05, 3.63) is 121 Å². The Balaban J connectivity index is 1.72. The quantitative estimate of drug-likeness (QED) is 0.474. The van der Waals surface area contributed by atoms with Crippen LogP contribution in [0.25, 0.3) is 10.8 Å². The molecule has 4 aromatic carbocycles. The average Bonchev–Trinajstić information content (AvgIpc) is 2.75. The number of amides is 2. The maximum Gasteiger partial charge on any atom is 0.265 e. The zero-order valence-corrected chi connectivity index (χ0v) is 15.9. The van der Waals surface area contributed by atoms with Gasteiger partial charge in [0.2, 0.25) is 5.91 Å². The molecule has 0 heterocycles. The lowest BCUT2D eigenvalue weighted by Gasteiger charge is -2.22. The predicted octanol–water partition coefficient (Wildman–Crippen LogP) is 5.44. The normalized spacial score (nSPS) is 10.7. The number of hydrogen-bond donors (Lipinski definition) is 0. The van der Waals surface area contributed by atoms with Gasteiger partial charge in [0.1, 0.15) is 0 Å². The zero-order chi connectivity index (χ0) is 20.2. The van der Waals surface area contributed by atoms with Crippen LogP contribution in [-0.4, -0.2) is 11.8 Å². The van der Waals surface area contributed by atoms with Gasteiger partial charge in [-0.2, -0.15) is 0 Å². The Morgan fingerprint density at radius 1 is 0.724 bits per heavy atom. The zero-order valence-electron chi connectivity index (χ0n) is 15.9. The van der Waals surface area contributed by atoms with Crippen LogP contribution in [0, 0.1) is 6.92 Å². The summed E-state index contributed by atoms with van der Waals surface area (Å²) in [5.74, 6) is -0.611. The fourth-order valence-electron chi connectivity index (χ4n) is 3.32. The van der Waals surface area contributed by atoms with Crippen LogP contribution >= 0.6 is 0 Å². The van der Waals surface area contributed by atoms with Crippen molar-refractivity contribution >= 4 is 28.3 Å². The van der Waals surface area contributed by atoms with Gasteiger partial charge in [-0.15, -0.1) is 0 Å². The largest absolute Gasteiger partial charge is 0.274 e. The monoisotopic (exact) mass is 378 g/mol. The number of rotatable bonds is 4. The highest BCUT2D eigenvalue weighted by Gasteiger charge is 2.25. The first-order valence-electron chi connectivity index (χ1n) is 9.44. The lowest BCUT2D eigenvalue weighted by molar-refractivity contribution is -0.117. The number of benzene rings is 4. The van der Waals surface area contributed by atoms with Crippen molar-refractivity contribution < 1.29 is 9.59 Å². The molecule has 0 saturated carbocycles. The Morgan fingerprint density at radius 2 is 1.38 bits per heavy atom. The first kappa shape index (κ1) is 18.6. The molecule has 0 saturated heterocycles. The van der Waals surface area contributed by atoms with Crippen LogP contribution in [0.3, 0.4) is 0 Å². The number of carbonyl (C=O) groups is 2. The molecule has 3 nitrogen and oxygen atoms in total. The van der Waals surface area contributed by atoms with E-state index in [1.54, 1.807) is 30.3 Å². The SMILES string of the molecule is [CH2]c1ccc(N(C(=O)Cc2ccccc2)C(=O)c2ccc3ccccc3c2)cc1. The predicted molar refractivity (Wildman–Crippen MR) is 117 cm³/mol. The molecule has 0 aromatic heterocycles. The molecule has 0 bridgehead atoms. The van der Waals surface area contributed by atoms with Crippen molar-refractivity contribution in [1.29, 1.82) is 0 Å². The summed E-state index contributed by atoms with van der Waals surface area (Å²) in [5.41, 5.74) is 2.70. The molecule has 0 atom stereocenters. The van der Waals surface area contributed by atoms with Gasteiger partial charge in [-0.05, 0) is 53.1 Å². The number of imide groups is 1. The standard InChI is InChI=1S/C26H20NO2/c1-19-11-15-24(16-12-19)27(25(28)17-20-7-3-2-4-8-20)26(29)23-14-13-21-9-5-6-10-22(21)18-23/h2-16,18H,1,17H2. The maximum atomic E-state index is 13.4. The minimum absolute atomic E-state index is 0.145. The molecule has 2 amide bonds. The van der Waals surface area contributed by atoms with E-state index in [2.05, 4.69) is 6.92 Å². The molecule has 0 N–H and O–H groups in total. The van der Waals surface area contributed by atoms with Gasteiger partial charge < -0.3 is 0 Å². The van der Waals surface area contributed by atoms with E-state index in [9.17, 15) is 9.59 Å². The van der Waals surface area contributed by atoms with E-state index >= 15 is 0 Å². The number of hydrogen-bond acceptors (Lipinski definition) is 2. The Bertz CT molecular complexity index is 1160. The van der Waals surface area contributed by atoms with Crippen LogP contribution in [0.5, 0.6) is 0 Å². The second kappa shape index (κ2) is 8.11. The van der Waals surface area contributed by atoms with E-state index < -0.39 is 0 Å². The number of fused-ring (bicyclic) bond motifs is 1. The molecule has 4 aromatic rings. The highest BCUT2D eigenvalue weighted by molar-refractivity contribution is 6.22. The minimum atomic E-state index is -0.339. The molecule has 0 unspecified atom stereocenters. The van der Waals surface area contributed by atoms with Gasteiger partial charge in [0, 0.05) is 5.56 Å². The molecule has 0 aliphatic heterocycles. The second-order valence-corrected chi connectivity index (χ2v) is 6.93. The Kier molecular flexibility index (Phi) is 5.21. The third-order valence-corrected chi connectivity index (χ3v) is 4.84. The van der Waals surface area contributed by atoms with Crippen molar-refractivity contribution in [3.8, 4) is 0 Å². The Morgan fingerprint density at radius 3 is 2.10 bits per heavy atom. The van der Waals surface area contributed by atoms with E-state index in [0.717, 1.165) is 21.9 Å². The molecule has 3 heteroatoms. The van der Waals surface area contributed by atoms with Gasteiger partial charge in [-0.1, -0.05) is 72.8 Å². The summed E-state index contributed by atoms with van der Waals surface area (Å²) in [6.45, 7) is 3.88. The van der Waals surface area contributed by atoms with Gasteiger partial charge in [0.05, 0.1) is 12.1 Å². The molecule has 0 aliphatic carbocycles. The van der Waals surface area contributed by atoms with Crippen molar-refractivity contribution in [2.24, 2.45) is 0 Å². The van der Waals surface area contributed by atoms with Crippen LogP contribution in [0.1, 0.15) is 21.5 Å². The van der Waals surface area contributed by atoms with E-state index in [4.69, 9.17) is 0 Å². The summed E-state index contributed by atoms with van der Waals surface area (Å²) in [6.07, 6.45) is 0.145. The summed E-state index contributed by atoms with van der Waals surface area (Å²) in [5, 5.41) is 2.01. The highest BCUT2D eigenvalue weighted by Crippen LogP contribution is 2.22. The summed E-state index contributed by atoms with van der Waals surface area (Å²) >= 11 is 0. The van der Waals surface area contributed by atoms with Crippen molar-refractivity contribution in [2.75, 3.05) is 4.90 Å². The molecule has 0 fully saturated rings. The lowest BCUT2D eigenvalue weighted by atomic mass is 10.0. The summed E-state index contributed by atoms with van der Waals surface area (Å²) in [7, 11) is 0. The molecule has 4 rings (SSSR count). The number of carbonyl (C=O) groups excluding carboxylic acids is 2. The Hall–Kier alpha value is -3.72. The lowest BCUT2D eigenvalue weighted by Crippen LogP contribution is -2.38. The Labute approximate surface area is 170 Å². The van der Waals surface area contributed by atoms with Gasteiger partial charge in [0.25, 0.3) is 5.91 Å². The van der Waals surface area contributed by atoms with Crippen LogP contribution in [0.4, 0.5) is 5.69 Å². The smallest absolute Gasteiger partial charge is 0.265 e. The maximum absolute atomic E-state index is 13.4. The summed E-state index contributed by atoms with van der Waals surface area (Å²) < 4.78 is 0. The van der Waals surface area contributed by atoms with Gasteiger partial charge in [-0.3, -0.25) is 9.59 Å². The van der Waals surface area contributed by atoms with E-state index in [1.165, 1.54) is 4.90 Å². The fourth-order valence-corrected chi connectivity index (χ4v) is 3.32. The van der Waals surface area contributed by atoms with Crippen molar-refractivity contribution in [1.82, 2.24) is 0 Å². The van der Waals surface area contributed by atoms with E-state index in [1.807, 2.05) is 66.7 Å². The fraction of sp³-hybridized carbons (Fsp3) is 0.0385. The van der Waals surface area contributed by atoms with Crippen molar-refractivity contribution in [2.45, 2.75) is 6.42 Å². The van der Waals surface area contributed by atoms with Gasteiger partial charge >= 0.3 is 0 Å². The molecule has 141 valence electrons. The molecule has 29 heavy (non-hydrogen) atoms. The summed E-state index contributed by atoms with van der Waals surface area (Å²) in [6, 6.07) is 29.9. The number of nitrogens with zero attached hydrogens (tertiary/aromatic N) is 1. The summed E-state index contributed by atoms with van der Waals surface area (Å²) in [4.78, 5) is 27.8. The van der Waals surface area contributed by atoms with Crippen LogP contribution < -0.4 is 4.90 Å². The molecule has 0 spiro atoms. The average molecular weight is 378 g/mol. The second-order valence-electron chi connectivity index (χ2n) is 6.93. The molecular formula is C26H20NO2. The third-order valence-electron chi connectivity index (χ3n) is 4.84. The molecule has 0 aliphatic rings. The highest BCUT2D eigenvalue weighted by atomic mass is 16.2. The van der Waals surface area contributed by atoms with Crippen LogP contribution in [0.2, 0.25) is 0 Å². The van der Waals surface area contributed by atoms with E-state index in [-0.39, 0.29) is 18.2 Å². The molecular weight excluding hydrogens is 358 g/mol. The minimum Gasteiger partial charge on any atom is -0.274 e. The van der Waals surface area contributed by atoms with Crippen LogP contribution in [0.15, 0.2) is 97.1 Å².